The molecule has 2 aromatic heterocycles. The highest BCUT2D eigenvalue weighted by Gasteiger charge is 2.38. The van der Waals surface area contributed by atoms with Gasteiger partial charge >= 0.3 is 0 Å². The molecule has 3 heterocycles. The number of rotatable bonds is 5. The van der Waals surface area contributed by atoms with Gasteiger partial charge in [-0.15, -0.1) is 0 Å². The number of fused-ring (bicyclic) bond motifs is 2. The molecule has 35 heavy (non-hydrogen) atoms. The van der Waals surface area contributed by atoms with Gasteiger partial charge in [-0.3, -0.25) is 14.6 Å². The van der Waals surface area contributed by atoms with Crippen LogP contribution in [0.15, 0.2) is 55.0 Å². The maximum Gasteiger partial charge on any atom is 0.273 e. The number of nitrogens with zero attached hydrogens (tertiary/aromatic N) is 5. The predicted molar refractivity (Wildman–Crippen MR) is 133 cm³/mol. The molecule has 5 rings (SSSR count). The average Bonchev–Trinajstić information content (AvgIpc) is 2.86. The van der Waals surface area contributed by atoms with Crippen LogP contribution in [-0.4, -0.2) is 69.4 Å². The van der Waals surface area contributed by atoms with Crippen LogP contribution in [0.4, 0.5) is 5.82 Å². The van der Waals surface area contributed by atoms with Crippen LogP contribution in [-0.2, 0) is 16.1 Å². The van der Waals surface area contributed by atoms with Gasteiger partial charge in [-0.25, -0.2) is 9.97 Å². The first-order valence-corrected chi connectivity index (χ1v) is 11.5. The van der Waals surface area contributed by atoms with Crippen molar-refractivity contribution in [3.05, 3.63) is 71.3 Å². The smallest absolute Gasteiger partial charge is 0.273 e. The molecule has 0 radical (unpaired) electrons. The maximum atomic E-state index is 13.4. The number of amides is 2. The molecule has 0 bridgehead atoms. The van der Waals surface area contributed by atoms with Crippen molar-refractivity contribution < 1.29 is 14.3 Å². The number of piperazine rings is 1. The number of carbonyl (C=O) groups excluding carboxylic acids is 2. The standard InChI is InChI=1S/C25H23ClN6O3/c1-35-13-22-25(34)31(12-15-2-5-19-20(8-15)29-14-30-23(19)27)6-7-32(22)24(33)21-10-16-3-4-18(26)9-17(16)11-28-21/h2-5,8-11,14,22H,6-7,12-13H2,1H3,(H2,27,29,30)/t22-/m0/s1. The molecule has 2 aromatic carbocycles. The second-order valence-corrected chi connectivity index (χ2v) is 8.84. The number of anilines is 1. The van der Waals surface area contributed by atoms with Crippen molar-refractivity contribution in [2.75, 3.05) is 32.5 Å². The summed E-state index contributed by atoms with van der Waals surface area (Å²) in [6, 6.07) is 12.0. The molecule has 10 heteroatoms. The summed E-state index contributed by atoms with van der Waals surface area (Å²) in [5.41, 5.74) is 7.82. The third-order valence-electron chi connectivity index (χ3n) is 6.18. The quantitative estimate of drug-likeness (QED) is 0.457. The van der Waals surface area contributed by atoms with E-state index in [-0.39, 0.29) is 24.1 Å². The zero-order valence-electron chi connectivity index (χ0n) is 19.0. The molecule has 4 aromatic rings. The zero-order valence-corrected chi connectivity index (χ0v) is 19.8. The van der Waals surface area contributed by atoms with Gasteiger partial charge in [0.15, 0.2) is 0 Å². The maximum absolute atomic E-state index is 13.4. The van der Waals surface area contributed by atoms with Gasteiger partial charge in [0, 0.05) is 48.7 Å². The summed E-state index contributed by atoms with van der Waals surface area (Å²) in [6.45, 7) is 1.22. The number of methoxy groups -OCH3 is 1. The number of carbonyl (C=O) groups is 2. The molecule has 1 aliphatic rings. The Kier molecular flexibility index (Phi) is 6.19. The van der Waals surface area contributed by atoms with Gasteiger partial charge in [0.05, 0.1) is 12.1 Å². The lowest BCUT2D eigenvalue weighted by molar-refractivity contribution is -0.143. The summed E-state index contributed by atoms with van der Waals surface area (Å²) in [5, 5.41) is 3.05. The van der Waals surface area contributed by atoms with Crippen molar-refractivity contribution in [2.45, 2.75) is 12.6 Å². The number of nitrogen functional groups attached to an aromatic ring is 1. The second-order valence-electron chi connectivity index (χ2n) is 8.40. The normalized spacial score (nSPS) is 16.3. The van der Waals surface area contributed by atoms with E-state index >= 15 is 0 Å². The van der Waals surface area contributed by atoms with Crippen LogP contribution >= 0.6 is 11.6 Å². The lowest BCUT2D eigenvalue weighted by Gasteiger charge is -2.40. The monoisotopic (exact) mass is 490 g/mol. The summed E-state index contributed by atoms with van der Waals surface area (Å²) < 4.78 is 5.31. The van der Waals surface area contributed by atoms with Gasteiger partial charge in [-0.05, 0) is 41.3 Å². The lowest BCUT2D eigenvalue weighted by atomic mass is 10.1. The lowest BCUT2D eigenvalue weighted by Crippen LogP contribution is -2.60. The summed E-state index contributed by atoms with van der Waals surface area (Å²) in [5.74, 6) is -0.0774. The molecule has 1 atom stereocenters. The van der Waals surface area contributed by atoms with Crippen molar-refractivity contribution in [3.8, 4) is 0 Å². The molecule has 0 saturated carbocycles. The molecule has 2 amide bonds. The van der Waals surface area contributed by atoms with Crippen molar-refractivity contribution in [1.82, 2.24) is 24.8 Å². The number of halogens is 1. The highest BCUT2D eigenvalue weighted by molar-refractivity contribution is 6.31. The Morgan fingerprint density at radius 2 is 1.97 bits per heavy atom. The van der Waals surface area contributed by atoms with Gasteiger partial charge in [0.2, 0.25) is 5.91 Å². The Labute approximate surface area is 206 Å². The first-order valence-electron chi connectivity index (χ1n) is 11.1. The van der Waals surface area contributed by atoms with E-state index in [2.05, 4.69) is 15.0 Å². The summed E-state index contributed by atoms with van der Waals surface area (Å²) in [6.07, 6.45) is 3.04. The molecule has 1 aliphatic heterocycles. The molecule has 1 fully saturated rings. The molecule has 9 nitrogen and oxygen atoms in total. The van der Waals surface area contributed by atoms with E-state index in [0.29, 0.717) is 36.0 Å². The highest BCUT2D eigenvalue weighted by Crippen LogP contribution is 2.23. The fourth-order valence-corrected chi connectivity index (χ4v) is 4.56. The van der Waals surface area contributed by atoms with E-state index in [1.54, 1.807) is 34.2 Å². The molecule has 1 saturated heterocycles. The van der Waals surface area contributed by atoms with E-state index < -0.39 is 6.04 Å². The van der Waals surface area contributed by atoms with E-state index in [1.807, 2.05) is 24.3 Å². The van der Waals surface area contributed by atoms with E-state index in [0.717, 1.165) is 21.7 Å². The largest absolute Gasteiger partial charge is 0.383 e. The number of aromatic nitrogens is 3. The number of benzene rings is 2. The third kappa shape index (κ3) is 4.48. The van der Waals surface area contributed by atoms with Gasteiger partial charge in [0.1, 0.15) is 23.9 Å². The van der Waals surface area contributed by atoms with Crippen LogP contribution in [0.2, 0.25) is 5.02 Å². The second kappa shape index (κ2) is 9.44. The topological polar surface area (TPSA) is 115 Å². The Morgan fingerprint density at radius 1 is 1.11 bits per heavy atom. The van der Waals surface area contributed by atoms with E-state index in [9.17, 15) is 9.59 Å². The number of pyridine rings is 1. The number of ether oxygens (including phenoxy) is 1. The first kappa shape index (κ1) is 22.9. The van der Waals surface area contributed by atoms with Crippen LogP contribution in [0.3, 0.4) is 0 Å². The van der Waals surface area contributed by atoms with Crippen LogP contribution < -0.4 is 5.73 Å². The minimum atomic E-state index is -0.748. The fourth-order valence-electron chi connectivity index (χ4n) is 4.38. The van der Waals surface area contributed by atoms with Crippen molar-refractivity contribution in [1.29, 1.82) is 0 Å². The fraction of sp³-hybridized carbons (Fsp3) is 0.240. The molecular weight excluding hydrogens is 468 g/mol. The van der Waals surface area contributed by atoms with Gasteiger partial charge < -0.3 is 20.3 Å². The van der Waals surface area contributed by atoms with Gasteiger partial charge in [-0.1, -0.05) is 23.7 Å². The average molecular weight is 491 g/mol. The van der Waals surface area contributed by atoms with Crippen molar-refractivity contribution >= 4 is 50.9 Å². The minimum absolute atomic E-state index is 0.0890. The molecular formula is C25H23ClN6O3. The molecule has 0 unspecified atom stereocenters. The summed E-state index contributed by atoms with van der Waals surface area (Å²) in [7, 11) is 1.51. The number of hydrogen-bond donors (Lipinski definition) is 1. The van der Waals surface area contributed by atoms with Crippen LogP contribution in [0.25, 0.3) is 21.7 Å². The van der Waals surface area contributed by atoms with Gasteiger partial charge in [0.25, 0.3) is 5.91 Å². The van der Waals surface area contributed by atoms with Crippen LogP contribution in [0.1, 0.15) is 16.1 Å². The molecule has 2 N–H and O–H groups in total. The van der Waals surface area contributed by atoms with Crippen LogP contribution in [0.5, 0.6) is 0 Å². The summed E-state index contributed by atoms with van der Waals surface area (Å²) >= 11 is 6.05. The van der Waals surface area contributed by atoms with Gasteiger partial charge in [-0.2, -0.15) is 0 Å². The minimum Gasteiger partial charge on any atom is -0.383 e. The first-order chi connectivity index (χ1) is 16.9. The predicted octanol–water partition coefficient (Wildman–Crippen LogP) is 2.91. The SMILES string of the molecule is COC[C@H]1C(=O)N(Cc2ccc3c(N)ncnc3c2)CCN1C(=O)c1cc2ccc(Cl)cc2cn1. The van der Waals surface area contributed by atoms with E-state index in [4.69, 9.17) is 22.1 Å². The van der Waals surface area contributed by atoms with Crippen LogP contribution in [0, 0.1) is 0 Å². The number of hydrogen-bond acceptors (Lipinski definition) is 7. The van der Waals surface area contributed by atoms with Crippen molar-refractivity contribution in [3.63, 3.8) is 0 Å². The Balaban J connectivity index is 1.37. The molecule has 178 valence electrons. The highest BCUT2D eigenvalue weighted by atomic mass is 35.5. The Hall–Kier alpha value is -3.82. The van der Waals surface area contributed by atoms with E-state index in [1.165, 1.54) is 13.4 Å². The van der Waals surface area contributed by atoms with Crippen molar-refractivity contribution in [2.24, 2.45) is 0 Å². The third-order valence-corrected chi connectivity index (χ3v) is 6.41. The molecule has 0 aliphatic carbocycles. The summed E-state index contributed by atoms with van der Waals surface area (Å²) in [4.78, 5) is 42.7. The Morgan fingerprint density at radius 3 is 2.80 bits per heavy atom. The number of nitrogens with two attached hydrogens (primary N) is 1. The zero-order chi connectivity index (χ0) is 24.5. The molecule has 0 spiro atoms. The Bertz CT molecular complexity index is 1450.